The highest BCUT2D eigenvalue weighted by atomic mass is 19.1. The highest BCUT2D eigenvalue weighted by Gasteiger charge is 2.21. The van der Waals surface area contributed by atoms with Crippen molar-refractivity contribution in [2.75, 3.05) is 5.73 Å². The average molecular weight is 350 g/mol. The SMILES string of the molecule is CC(NC(=O)N(O)C(C)C)c1ncc(-c2cccc(F)c2N)cc1F. The van der Waals surface area contributed by atoms with Crippen LogP contribution in [0.2, 0.25) is 0 Å². The molecule has 1 aromatic carbocycles. The summed E-state index contributed by atoms with van der Waals surface area (Å²) in [7, 11) is 0. The summed E-state index contributed by atoms with van der Waals surface area (Å²) in [6, 6.07) is 3.45. The maximum absolute atomic E-state index is 14.4. The number of nitrogens with two attached hydrogens (primary N) is 1. The molecular formula is C17H20F2N4O2. The van der Waals surface area contributed by atoms with Crippen LogP contribution < -0.4 is 11.1 Å². The van der Waals surface area contributed by atoms with Gasteiger partial charge in [0.1, 0.15) is 11.6 Å². The lowest BCUT2D eigenvalue weighted by Crippen LogP contribution is -2.42. The zero-order chi connectivity index (χ0) is 18.7. The van der Waals surface area contributed by atoms with Crippen LogP contribution in [0.15, 0.2) is 30.5 Å². The quantitative estimate of drug-likeness (QED) is 0.447. The van der Waals surface area contributed by atoms with Gasteiger partial charge in [0.15, 0.2) is 0 Å². The Morgan fingerprint density at radius 3 is 2.56 bits per heavy atom. The van der Waals surface area contributed by atoms with Gasteiger partial charge < -0.3 is 11.1 Å². The summed E-state index contributed by atoms with van der Waals surface area (Å²) in [5.74, 6) is -1.28. The molecule has 6 nitrogen and oxygen atoms in total. The van der Waals surface area contributed by atoms with Crippen LogP contribution in [0.1, 0.15) is 32.5 Å². The molecule has 4 N–H and O–H groups in total. The number of benzene rings is 1. The number of urea groups is 1. The van der Waals surface area contributed by atoms with E-state index < -0.39 is 29.7 Å². The molecule has 0 bridgehead atoms. The number of hydrogen-bond acceptors (Lipinski definition) is 4. The van der Waals surface area contributed by atoms with Gasteiger partial charge in [0.2, 0.25) is 0 Å². The molecule has 1 atom stereocenters. The zero-order valence-corrected chi connectivity index (χ0v) is 14.1. The van der Waals surface area contributed by atoms with E-state index >= 15 is 0 Å². The topological polar surface area (TPSA) is 91.5 Å². The molecule has 8 heteroatoms. The van der Waals surface area contributed by atoms with Crippen LogP contribution >= 0.6 is 0 Å². The maximum Gasteiger partial charge on any atom is 0.341 e. The van der Waals surface area contributed by atoms with Crippen molar-refractivity contribution in [2.24, 2.45) is 0 Å². The molecule has 0 aliphatic carbocycles. The van der Waals surface area contributed by atoms with E-state index in [0.29, 0.717) is 16.2 Å². The lowest BCUT2D eigenvalue weighted by Gasteiger charge is -2.22. The number of aromatic nitrogens is 1. The molecule has 0 radical (unpaired) electrons. The summed E-state index contributed by atoms with van der Waals surface area (Å²) in [6.45, 7) is 4.79. The first-order valence-corrected chi connectivity index (χ1v) is 7.70. The van der Waals surface area contributed by atoms with Gasteiger partial charge in [-0.05, 0) is 32.9 Å². The third-order valence-corrected chi connectivity index (χ3v) is 3.68. The first-order chi connectivity index (χ1) is 11.7. The van der Waals surface area contributed by atoms with Crippen molar-refractivity contribution in [2.45, 2.75) is 32.9 Å². The predicted molar refractivity (Wildman–Crippen MR) is 89.7 cm³/mol. The first-order valence-electron chi connectivity index (χ1n) is 7.70. The highest BCUT2D eigenvalue weighted by Crippen LogP contribution is 2.29. The Morgan fingerprint density at radius 1 is 1.28 bits per heavy atom. The molecule has 0 spiro atoms. The van der Waals surface area contributed by atoms with Crippen molar-refractivity contribution in [3.63, 3.8) is 0 Å². The largest absolute Gasteiger partial charge is 0.396 e. The van der Waals surface area contributed by atoms with E-state index in [9.17, 15) is 18.8 Å². The van der Waals surface area contributed by atoms with Gasteiger partial charge in [0, 0.05) is 17.3 Å². The Balaban J connectivity index is 2.25. The van der Waals surface area contributed by atoms with Crippen molar-refractivity contribution in [1.29, 1.82) is 0 Å². The van der Waals surface area contributed by atoms with Crippen LogP contribution in [-0.4, -0.2) is 27.3 Å². The van der Waals surface area contributed by atoms with Crippen molar-refractivity contribution >= 4 is 11.7 Å². The number of hydroxylamine groups is 2. The summed E-state index contributed by atoms with van der Waals surface area (Å²) >= 11 is 0. The van der Waals surface area contributed by atoms with Gasteiger partial charge in [-0.1, -0.05) is 12.1 Å². The first kappa shape index (κ1) is 18.6. The fourth-order valence-electron chi connectivity index (χ4n) is 2.26. The number of anilines is 1. The normalized spacial score (nSPS) is 12.1. The second kappa shape index (κ2) is 7.43. The number of hydrogen-bond donors (Lipinski definition) is 3. The van der Waals surface area contributed by atoms with Crippen molar-refractivity contribution in [3.05, 3.63) is 47.8 Å². The van der Waals surface area contributed by atoms with E-state index in [1.807, 2.05) is 0 Å². The Bertz CT molecular complexity index is 783. The van der Waals surface area contributed by atoms with Gasteiger partial charge in [-0.25, -0.2) is 18.6 Å². The fraction of sp³-hybridized carbons (Fsp3) is 0.294. The number of nitrogens with one attached hydrogen (secondary N) is 1. The average Bonchev–Trinajstić information content (AvgIpc) is 2.56. The number of rotatable bonds is 4. The molecule has 1 heterocycles. The molecule has 0 fully saturated rings. The Morgan fingerprint density at radius 2 is 1.96 bits per heavy atom. The second-order valence-electron chi connectivity index (χ2n) is 5.90. The molecule has 1 aromatic heterocycles. The number of amides is 2. The third kappa shape index (κ3) is 4.03. The van der Waals surface area contributed by atoms with Crippen LogP contribution in [0, 0.1) is 11.6 Å². The fourth-order valence-corrected chi connectivity index (χ4v) is 2.26. The van der Waals surface area contributed by atoms with Gasteiger partial charge in [0.25, 0.3) is 0 Å². The summed E-state index contributed by atoms with van der Waals surface area (Å²) in [6.07, 6.45) is 1.35. The number of carbonyl (C=O) groups excluding carboxylic acids is 1. The van der Waals surface area contributed by atoms with Crippen molar-refractivity contribution in [3.8, 4) is 11.1 Å². The number of nitrogen functional groups attached to an aromatic ring is 1. The van der Waals surface area contributed by atoms with Crippen LogP contribution in [0.4, 0.5) is 19.3 Å². The molecule has 134 valence electrons. The van der Waals surface area contributed by atoms with Gasteiger partial charge in [-0.3, -0.25) is 10.2 Å². The van der Waals surface area contributed by atoms with E-state index in [2.05, 4.69) is 10.3 Å². The van der Waals surface area contributed by atoms with Crippen LogP contribution in [-0.2, 0) is 0 Å². The molecule has 0 aliphatic heterocycles. The van der Waals surface area contributed by atoms with Crippen LogP contribution in [0.3, 0.4) is 0 Å². The van der Waals surface area contributed by atoms with E-state index in [1.54, 1.807) is 19.9 Å². The van der Waals surface area contributed by atoms with Crippen LogP contribution in [0.25, 0.3) is 11.1 Å². The number of pyridine rings is 1. The Labute approximate surface area is 144 Å². The van der Waals surface area contributed by atoms with Crippen molar-refractivity contribution in [1.82, 2.24) is 15.4 Å². The minimum Gasteiger partial charge on any atom is -0.396 e. The number of nitrogens with zero attached hydrogens (tertiary/aromatic N) is 2. The van der Waals surface area contributed by atoms with Gasteiger partial charge in [-0.2, -0.15) is 0 Å². The van der Waals surface area contributed by atoms with E-state index in [1.165, 1.54) is 31.3 Å². The Hall–Kier alpha value is -2.74. The molecule has 2 rings (SSSR count). The van der Waals surface area contributed by atoms with E-state index in [-0.39, 0.29) is 11.4 Å². The molecule has 0 saturated carbocycles. The standard InChI is InChI=1S/C17H20F2N4O2/c1-9(2)23(25)17(24)22-10(3)16-14(19)7-11(8-21-16)12-5-4-6-13(18)15(12)20/h4-10,25H,20H2,1-3H3,(H,22,24). The van der Waals surface area contributed by atoms with E-state index in [0.717, 1.165) is 0 Å². The van der Waals surface area contributed by atoms with Gasteiger partial charge >= 0.3 is 6.03 Å². The van der Waals surface area contributed by atoms with Crippen LogP contribution in [0.5, 0.6) is 0 Å². The lowest BCUT2D eigenvalue weighted by molar-refractivity contribution is -0.0685. The molecule has 0 saturated heterocycles. The highest BCUT2D eigenvalue weighted by molar-refractivity contribution is 5.76. The smallest absolute Gasteiger partial charge is 0.341 e. The van der Waals surface area contributed by atoms with Gasteiger partial charge in [-0.15, -0.1) is 0 Å². The summed E-state index contributed by atoms with van der Waals surface area (Å²) in [5, 5.41) is 12.5. The zero-order valence-electron chi connectivity index (χ0n) is 14.1. The minimum atomic E-state index is -0.778. The van der Waals surface area contributed by atoms with Gasteiger partial charge in [0.05, 0.1) is 23.5 Å². The molecule has 1 unspecified atom stereocenters. The summed E-state index contributed by atoms with van der Waals surface area (Å²) in [4.78, 5) is 15.8. The molecule has 2 aromatic rings. The monoisotopic (exact) mass is 350 g/mol. The molecule has 0 aliphatic rings. The maximum atomic E-state index is 14.4. The minimum absolute atomic E-state index is 0.00997. The number of para-hydroxylation sites is 1. The molecule has 25 heavy (non-hydrogen) atoms. The predicted octanol–water partition coefficient (Wildman–Crippen LogP) is 3.48. The molecule has 2 amide bonds. The second-order valence-corrected chi connectivity index (χ2v) is 5.90. The lowest BCUT2D eigenvalue weighted by atomic mass is 10.0. The summed E-state index contributed by atoms with van der Waals surface area (Å²) < 4.78 is 27.9. The summed E-state index contributed by atoms with van der Waals surface area (Å²) in [5.41, 5.74) is 6.22. The van der Waals surface area contributed by atoms with Crippen molar-refractivity contribution < 1.29 is 18.8 Å². The Kier molecular flexibility index (Phi) is 5.53. The third-order valence-electron chi connectivity index (χ3n) is 3.68. The molecular weight excluding hydrogens is 330 g/mol. The van der Waals surface area contributed by atoms with E-state index in [4.69, 9.17) is 5.73 Å². The number of carbonyl (C=O) groups is 1. The number of halogens is 2.